The van der Waals surface area contributed by atoms with E-state index in [0.29, 0.717) is 12.2 Å². The van der Waals surface area contributed by atoms with Crippen LogP contribution >= 0.6 is 0 Å². The Morgan fingerprint density at radius 1 is 1.14 bits per heavy atom. The van der Waals surface area contributed by atoms with Gasteiger partial charge in [-0.1, -0.05) is 20.8 Å². The molecule has 0 N–H and O–H groups in total. The number of Topliss-reactive ketones (excluding diaryl/α,β-unsaturated/α-hetero) is 2. The molecule has 3 aliphatic carbocycles. The van der Waals surface area contributed by atoms with Gasteiger partial charge in [-0.3, -0.25) is 14.4 Å². The minimum atomic E-state index is -0.936. The van der Waals surface area contributed by atoms with Gasteiger partial charge in [-0.25, -0.2) is 0 Å². The number of hydrogen-bond acceptors (Lipinski definition) is 6. The fourth-order valence-corrected chi connectivity index (χ4v) is 6.81. The molecule has 0 radical (unpaired) electrons. The Hall–Kier alpha value is -2.11. The molecule has 0 aromatic carbocycles. The van der Waals surface area contributed by atoms with Gasteiger partial charge in [0, 0.05) is 22.7 Å². The fraction of sp³-hybridized carbons (Fsp3) is 0.682. The van der Waals surface area contributed by atoms with Crippen molar-refractivity contribution in [2.45, 2.75) is 46.6 Å². The van der Waals surface area contributed by atoms with Crippen molar-refractivity contribution in [2.75, 3.05) is 14.2 Å². The Bertz CT molecular complexity index is 838. The highest BCUT2D eigenvalue weighted by molar-refractivity contribution is 6.07. The molecule has 7 atom stereocenters. The zero-order valence-electron chi connectivity index (χ0n) is 17.3. The van der Waals surface area contributed by atoms with Gasteiger partial charge in [-0.15, -0.1) is 0 Å². The first-order valence-corrected chi connectivity index (χ1v) is 9.91. The molecule has 1 aliphatic heterocycles. The smallest absolute Gasteiger partial charge is 0.306 e. The summed E-state index contributed by atoms with van der Waals surface area (Å²) in [5.41, 5.74) is -0.795. The predicted octanol–water partition coefficient (Wildman–Crippen LogP) is 2.82. The summed E-state index contributed by atoms with van der Waals surface area (Å²) < 4.78 is 16.7. The van der Waals surface area contributed by atoms with Gasteiger partial charge in [0.1, 0.15) is 6.10 Å². The number of carbonyl (C=O) groups excluding carboxylic acids is 3. The molecule has 4 rings (SSSR count). The van der Waals surface area contributed by atoms with E-state index in [0.717, 1.165) is 5.57 Å². The summed E-state index contributed by atoms with van der Waals surface area (Å²) in [5, 5.41) is 0. The third-order valence-corrected chi connectivity index (χ3v) is 8.10. The van der Waals surface area contributed by atoms with Crippen molar-refractivity contribution in [3.8, 4) is 0 Å². The molecule has 2 fully saturated rings. The quantitative estimate of drug-likeness (QED) is 0.677. The summed E-state index contributed by atoms with van der Waals surface area (Å²) in [6, 6.07) is 0. The first-order chi connectivity index (χ1) is 13.1. The Morgan fingerprint density at radius 2 is 1.82 bits per heavy atom. The highest BCUT2D eigenvalue weighted by Crippen LogP contribution is 2.67. The van der Waals surface area contributed by atoms with Crippen LogP contribution in [0.3, 0.4) is 0 Å². The van der Waals surface area contributed by atoms with E-state index in [9.17, 15) is 14.4 Å². The van der Waals surface area contributed by atoms with Gasteiger partial charge < -0.3 is 14.2 Å². The second kappa shape index (κ2) is 5.94. The van der Waals surface area contributed by atoms with Crippen LogP contribution in [-0.2, 0) is 28.6 Å². The van der Waals surface area contributed by atoms with Gasteiger partial charge in [-0.2, -0.15) is 0 Å². The molecule has 0 bridgehead atoms. The normalized spacial score (nSPS) is 45.0. The van der Waals surface area contributed by atoms with Crippen molar-refractivity contribution in [3.63, 3.8) is 0 Å². The van der Waals surface area contributed by atoms with Crippen molar-refractivity contribution < 1.29 is 28.6 Å². The first-order valence-electron chi connectivity index (χ1n) is 9.91. The van der Waals surface area contributed by atoms with E-state index < -0.39 is 22.9 Å². The minimum Gasteiger partial charge on any atom is -0.493 e. The maximum Gasteiger partial charge on any atom is 0.306 e. The SMILES string of the molecule is COC1=C[C@H](C)[C@H]2C[C@@H]3OC(=O)C[C@@H]4C(C)=C(OC)C(=O)[C@@H]([C@@]2(C)C1=O)[C@@]34C. The van der Waals surface area contributed by atoms with Crippen molar-refractivity contribution in [2.24, 2.45) is 34.5 Å². The summed E-state index contributed by atoms with van der Waals surface area (Å²) in [7, 11) is 2.97. The molecule has 1 heterocycles. The number of carbonyl (C=O) groups is 3. The van der Waals surface area contributed by atoms with E-state index in [4.69, 9.17) is 14.2 Å². The number of ether oxygens (including phenoxy) is 3. The predicted molar refractivity (Wildman–Crippen MR) is 99.8 cm³/mol. The molecular weight excluding hydrogens is 360 g/mol. The lowest BCUT2D eigenvalue weighted by Crippen LogP contribution is -2.69. The fourth-order valence-electron chi connectivity index (χ4n) is 6.81. The van der Waals surface area contributed by atoms with Gasteiger partial charge in [0.05, 0.1) is 20.6 Å². The Labute approximate surface area is 165 Å². The third-order valence-electron chi connectivity index (χ3n) is 8.10. The van der Waals surface area contributed by atoms with Gasteiger partial charge in [-0.05, 0) is 36.8 Å². The molecular formula is C22H28O6. The first kappa shape index (κ1) is 19.2. The second-order valence-electron chi connectivity index (χ2n) is 9.16. The summed E-state index contributed by atoms with van der Waals surface area (Å²) in [5.74, 6) is -0.854. The van der Waals surface area contributed by atoms with Gasteiger partial charge in [0.15, 0.2) is 11.5 Å². The average Bonchev–Trinajstić information content (AvgIpc) is 2.63. The van der Waals surface area contributed by atoms with Crippen molar-refractivity contribution in [3.05, 3.63) is 23.2 Å². The van der Waals surface area contributed by atoms with Crippen LogP contribution in [0.4, 0.5) is 0 Å². The number of esters is 1. The molecule has 6 nitrogen and oxygen atoms in total. The lowest BCUT2D eigenvalue weighted by atomic mass is 9.40. The molecule has 0 spiro atoms. The molecule has 1 saturated heterocycles. The number of ketones is 2. The molecule has 28 heavy (non-hydrogen) atoms. The van der Waals surface area contributed by atoms with Crippen molar-refractivity contribution in [1.29, 1.82) is 0 Å². The van der Waals surface area contributed by atoms with Crippen LogP contribution in [0.1, 0.15) is 40.5 Å². The standard InChI is InChI=1S/C22H28O6/c1-10-7-14(26-5)20(25)22(4)12(10)8-15-21(3)13(9-16(23)28-15)11(2)18(27-6)17(24)19(21)22/h7,10,12-13,15,19H,8-9H2,1-6H3/t10-,12+,13+,15-,19+,21+,22-/m0/s1. The Kier molecular flexibility index (Phi) is 4.08. The van der Waals surface area contributed by atoms with Gasteiger partial charge in [0.2, 0.25) is 11.6 Å². The summed E-state index contributed by atoms with van der Waals surface area (Å²) in [4.78, 5) is 39.6. The topological polar surface area (TPSA) is 78.9 Å². The minimum absolute atomic E-state index is 0.0204. The molecule has 6 heteroatoms. The van der Waals surface area contributed by atoms with Crippen LogP contribution < -0.4 is 0 Å². The number of fused-ring (bicyclic) bond motifs is 2. The third kappa shape index (κ3) is 2.06. The molecule has 4 aliphatic rings. The second-order valence-corrected chi connectivity index (χ2v) is 9.16. The van der Waals surface area contributed by atoms with E-state index >= 15 is 0 Å². The lowest BCUT2D eigenvalue weighted by Gasteiger charge is -2.64. The summed E-state index contributed by atoms with van der Waals surface area (Å²) in [6.45, 7) is 7.80. The van der Waals surface area contributed by atoms with E-state index in [-0.39, 0.29) is 47.5 Å². The number of methoxy groups -OCH3 is 2. The van der Waals surface area contributed by atoms with Gasteiger partial charge in [0.25, 0.3) is 0 Å². The molecule has 0 amide bonds. The number of rotatable bonds is 2. The van der Waals surface area contributed by atoms with Crippen molar-refractivity contribution >= 4 is 17.5 Å². The molecule has 1 saturated carbocycles. The van der Waals surface area contributed by atoms with Crippen LogP contribution in [-0.4, -0.2) is 37.9 Å². The molecule has 0 aromatic heterocycles. The maximum atomic E-state index is 13.7. The largest absolute Gasteiger partial charge is 0.493 e. The Morgan fingerprint density at radius 3 is 2.43 bits per heavy atom. The molecule has 0 aromatic rings. The van der Waals surface area contributed by atoms with Crippen LogP contribution in [0.15, 0.2) is 23.2 Å². The highest BCUT2D eigenvalue weighted by atomic mass is 16.5. The monoisotopic (exact) mass is 388 g/mol. The van der Waals surface area contributed by atoms with Crippen LogP contribution in [0.25, 0.3) is 0 Å². The van der Waals surface area contributed by atoms with E-state index in [1.807, 2.05) is 33.8 Å². The molecule has 152 valence electrons. The lowest BCUT2D eigenvalue weighted by molar-refractivity contribution is -0.217. The summed E-state index contributed by atoms with van der Waals surface area (Å²) in [6.07, 6.45) is 2.21. The summed E-state index contributed by atoms with van der Waals surface area (Å²) >= 11 is 0. The average molecular weight is 388 g/mol. The van der Waals surface area contributed by atoms with Crippen molar-refractivity contribution in [1.82, 2.24) is 0 Å². The maximum absolute atomic E-state index is 13.7. The molecule has 0 unspecified atom stereocenters. The van der Waals surface area contributed by atoms with E-state index in [2.05, 4.69) is 0 Å². The number of allylic oxidation sites excluding steroid dienone is 4. The van der Waals surface area contributed by atoms with Crippen LogP contribution in [0.2, 0.25) is 0 Å². The van der Waals surface area contributed by atoms with Crippen LogP contribution in [0, 0.1) is 34.5 Å². The van der Waals surface area contributed by atoms with E-state index in [1.165, 1.54) is 14.2 Å². The Balaban J connectivity index is 1.99. The zero-order valence-corrected chi connectivity index (χ0v) is 17.3. The van der Waals surface area contributed by atoms with Gasteiger partial charge >= 0.3 is 5.97 Å². The van der Waals surface area contributed by atoms with E-state index in [1.54, 1.807) is 0 Å². The zero-order chi connectivity index (χ0) is 20.6. The number of hydrogen-bond donors (Lipinski definition) is 0. The highest BCUT2D eigenvalue weighted by Gasteiger charge is 2.72. The van der Waals surface area contributed by atoms with Crippen LogP contribution in [0.5, 0.6) is 0 Å².